The molecule has 0 aliphatic rings. The molecule has 0 aliphatic heterocycles. The van der Waals surface area contributed by atoms with Crippen LogP contribution in [0.25, 0.3) is 17.0 Å². The van der Waals surface area contributed by atoms with E-state index in [4.69, 9.17) is 4.74 Å². The van der Waals surface area contributed by atoms with Crippen molar-refractivity contribution in [3.8, 4) is 5.75 Å². The lowest BCUT2D eigenvalue weighted by Gasteiger charge is -2.05. The summed E-state index contributed by atoms with van der Waals surface area (Å²) in [5, 5.41) is 10.3. The summed E-state index contributed by atoms with van der Waals surface area (Å²) in [5.74, 6) is 0.829. The Balaban J connectivity index is 2.01. The van der Waals surface area contributed by atoms with Gasteiger partial charge in [-0.25, -0.2) is 4.98 Å². The van der Waals surface area contributed by atoms with Gasteiger partial charge in [-0.1, -0.05) is 24.8 Å². The van der Waals surface area contributed by atoms with E-state index in [1.165, 1.54) is 0 Å². The number of hydrogen-bond acceptors (Lipinski definition) is 3. The molecule has 1 N–H and O–H groups in total. The molecule has 0 fully saturated rings. The van der Waals surface area contributed by atoms with Crippen molar-refractivity contribution < 1.29 is 9.84 Å². The Morgan fingerprint density at radius 2 is 2.18 bits per heavy atom. The molecule has 0 spiro atoms. The Hall–Kier alpha value is -2.13. The van der Waals surface area contributed by atoms with Crippen LogP contribution in [0.15, 0.2) is 49.1 Å². The van der Waals surface area contributed by atoms with Gasteiger partial charge in [0.2, 0.25) is 0 Å². The van der Waals surface area contributed by atoms with Crippen molar-refractivity contribution in [3.05, 3.63) is 54.8 Å². The van der Waals surface area contributed by atoms with Gasteiger partial charge in [0, 0.05) is 5.39 Å². The smallest absolute Gasteiger partial charge is 0.120 e. The molecule has 0 aliphatic carbocycles. The van der Waals surface area contributed by atoms with Gasteiger partial charge in [-0.2, -0.15) is 0 Å². The van der Waals surface area contributed by atoms with Gasteiger partial charge in [-0.15, -0.1) is 0 Å². The second-order valence-electron chi connectivity index (χ2n) is 5.37. The molecule has 0 amide bonds. The van der Waals surface area contributed by atoms with Crippen LogP contribution < -0.4 is 4.74 Å². The summed E-state index contributed by atoms with van der Waals surface area (Å²) < 4.78 is 5.52. The van der Waals surface area contributed by atoms with Crippen LogP contribution in [0.1, 0.15) is 31.9 Å². The molecule has 0 bridgehead atoms. The third-order valence-corrected chi connectivity index (χ3v) is 3.33. The first-order valence-corrected chi connectivity index (χ1v) is 7.68. The zero-order valence-corrected chi connectivity index (χ0v) is 13.0. The van der Waals surface area contributed by atoms with Crippen LogP contribution >= 0.6 is 0 Å². The lowest BCUT2D eigenvalue weighted by molar-refractivity contribution is 0.182. The number of pyridine rings is 1. The number of ether oxygens (including phenoxy) is 1. The summed E-state index contributed by atoms with van der Waals surface area (Å²) in [6.45, 7) is 5.97. The highest BCUT2D eigenvalue weighted by Crippen LogP contribution is 2.20. The topological polar surface area (TPSA) is 42.4 Å². The van der Waals surface area contributed by atoms with Crippen LogP contribution in [0.5, 0.6) is 5.75 Å². The monoisotopic (exact) mass is 297 g/mol. The number of hydrogen-bond donors (Lipinski definition) is 1. The number of aromatic nitrogens is 1. The molecule has 1 aromatic heterocycles. The van der Waals surface area contributed by atoms with Crippen molar-refractivity contribution >= 4 is 17.0 Å². The SMILES string of the molecule is C=CCOc1ccc2nc(C=CCCCC(C)O)ccc2c1. The fourth-order valence-corrected chi connectivity index (χ4v) is 2.19. The number of unbranched alkanes of at least 4 members (excludes halogenated alkanes) is 1. The molecule has 3 nitrogen and oxygen atoms in total. The molecular weight excluding hydrogens is 274 g/mol. The lowest BCUT2D eigenvalue weighted by Crippen LogP contribution is -1.97. The summed E-state index contributed by atoms with van der Waals surface area (Å²) in [6, 6.07) is 9.94. The highest BCUT2D eigenvalue weighted by atomic mass is 16.5. The largest absolute Gasteiger partial charge is 0.490 e. The fraction of sp³-hybridized carbons (Fsp3) is 0.316. The number of nitrogens with zero attached hydrogens (tertiary/aromatic N) is 1. The third-order valence-electron chi connectivity index (χ3n) is 3.33. The van der Waals surface area contributed by atoms with Crippen LogP contribution in [-0.4, -0.2) is 22.8 Å². The molecule has 1 atom stereocenters. The average Bonchev–Trinajstić information content (AvgIpc) is 2.52. The minimum Gasteiger partial charge on any atom is -0.490 e. The first-order valence-electron chi connectivity index (χ1n) is 7.68. The van der Waals surface area contributed by atoms with Crippen molar-refractivity contribution in [2.45, 2.75) is 32.3 Å². The first kappa shape index (κ1) is 16.2. The van der Waals surface area contributed by atoms with Crippen LogP contribution in [0.2, 0.25) is 0 Å². The quantitative estimate of drug-likeness (QED) is 0.581. The molecule has 116 valence electrons. The zero-order valence-electron chi connectivity index (χ0n) is 13.0. The van der Waals surface area contributed by atoms with Crippen molar-refractivity contribution in [2.24, 2.45) is 0 Å². The maximum Gasteiger partial charge on any atom is 0.120 e. The van der Waals surface area contributed by atoms with E-state index in [0.29, 0.717) is 6.61 Å². The summed E-state index contributed by atoms with van der Waals surface area (Å²) in [6.07, 6.45) is 8.44. The second kappa shape index (κ2) is 8.35. The maximum atomic E-state index is 9.21. The molecular formula is C19H23NO2. The highest BCUT2D eigenvalue weighted by molar-refractivity contribution is 5.81. The maximum absolute atomic E-state index is 9.21. The van der Waals surface area contributed by atoms with E-state index < -0.39 is 0 Å². The van der Waals surface area contributed by atoms with E-state index in [2.05, 4.69) is 23.7 Å². The number of allylic oxidation sites excluding steroid dienone is 1. The van der Waals surface area contributed by atoms with Gasteiger partial charge in [0.1, 0.15) is 12.4 Å². The summed E-state index contributed by atoms with van der Waals surface area (Å²) in [5.41, 5.74) is 1.90. The normalized spacial score (nSPS) is 12.6. The number of benzene rings is 1. The van der Waals surface area contributed by atoms with Gasteiger partial charge in [0.05, 0.1) is 17.3 Å². The van der Waals surface area contributed by atoms with E-state index in [1.54, 1.807) is 6.08 Å². The Labute approximate surface area is 132 Å². The van der Waals surface area contributed by atoms with E-state index >= 15 is 0 Å². The lowest BCUT2D eigenvalue weighted by atomic mass is 10.1. The van der Waals surface area contributed by atoms with Gasteiger partial charge in [0.15, 0.2) is 0 Å². The van der Waals surface area contributed by atoms with E-state index in [9.17, 15) is 5.11 Å². The van der Waals surface area contributed by atoms with Crippen molar-refractivity contribution in [1.82, 2.24) is 4.98 Å². The van der Waals surface area contributed by atoms with Gasteiger partial charge < -0.3 is 9.84 Å². The molecule has 2 aromatic rings. The Kier molecular flexibility index (Phi) is 6.16. The number of fused-ring (bicyclic) bond motifs is 1. The fourth-order valence-electron chi connectivity index (χ4n) is 2.19. The molecule has 1 unspecified atom stereocenters. The summed E-state index contributed by atoms with van der Waals surface area (Å²) in [7, 11) is 0. The summed E-state index contributed by atoms with van der Waals surface area (Å²) in [4.78, 5) is 4.62. The van der Waals surface area contributed by atoms with Crippen molar-refractivity contribution in [3.63, 3.8) is 0 Å². The molecule has 1 aromatic carbocycles. The average molecular weight is 297 g/mol. The molecule has 0 radical (unpaired) electrons. The minimum absolute atomic E-state index is 0.218. The number of aliphatic hydroxyl groups is 1. The van der Waals surface area contributed by atoms with E-state index in [0.717, 1.165) is 41.6 Å². The third kappa shape index (κ3) is 5.01. The predicted molar refractivity (Wildman–Crippen MR) is 92.0 cm³/mol. The predicted octanol–water partition coefficient (Wildman–Crippen LogP) is 4.36. The van der Waals surface area contributed by atoms with E-state index in [1.807, 2.05) is 37.3 Å². The van der Waals surface area contributed by atoms with Gasteiger partial charge in [-0.05, 0) is 56.5 Å². The Morgan fingerprint density at radius 1 is 1.32 bits per heavy atom. The zero-order chi connectivity index (χ0) is 15.8. The van der Waals surface area contributed by atoms with Crippen molar-refractivity contribution in [2.75, 3.05) is 6.61 Å². The number of rotatable bonds is 8. The second-order valence-corrected chi connectivity index (χ2v) is 5.37. The van der Waals surface area contributed by atoms with Crippen LogP contribution in [0, 0.1) is 0 Å². The Bertz CT molecular complexity index is 647. The van der Waals surface area contributed by atoms with Gasteiger partial charge in [0.25, 0.3) is 0 Å². The van der Waals surface area contributed by atoms with Crippen LogP contribution in [0.3, 0.4) is 0 Å². The standard InChI is InChI=1S/C19H23NO2/c1-3-13-22-18-11-12-19-16(14-18)9-10-17(20-19)8-6-4-5-7-15(2)21/h3,6,8-12,14-15,21H,1,4-5,7,13H2,2H3. The molecule has 2 rings (SSSR count). The molecule has 0 saturated heterocycles. The van der Waals surface area contributed by atoms with Crippen molar-refractivity contribution in [1.29, 1.82) is 0 Å². The number of aliphatic hydroxyl groups excluding tert-OH is 1. The highest BCUT2D eigenvalue weighted by Gasteiger charge is 1.99. The van der Waals surface area contributed by atoms with E-state index in [-0.39, 0.29) is 6.10 Å². The van der Waals surface area contributed by atoms with Crippen LogP contribution in [0.4, 0.5) is 0 Å². The Morgan fingerprint density at radius 3 is 2.95 bits per heavy atom. The molecule has 3 heteroatoms. The molecule has 22 heavy (non-hydrogen) atoms. The first-order chi connectivity index (χ1) is 10.7. The van der Waals surface area contributed by atoms with Crippen LogP contribution in [-0.2, 0) is 0 Å². The summed E-state index contributed by atoms with van der Waals surface area (Å²) >= 11 is 0. The van der Waals surface area contributed by atoms with Gasteiger partial charge in [-0.3, -0.25) is 0 Å². The van der Waals surface area contributed by atoms with Gasteiger partial charge >= 0.3 is 0 Å². The molecule has 0 saturated carbocycles. The minimum atomic E-state index is -0.218. The molecule has 1 heterocycles.